The molecule has 0 aromatic carbocycles. The summed E-state index contributed by atoms with van der Waals surface area (Å²) < 4.78 is 5.46. The van der Waals surface area contributed by atoms with Crippen LogP contribution in [0.1, 0.15) is 40.5 Å². The smallest absolute Gasteiger partial charge is 0.0594 e. The van der Waals surface area contributed by atoms with Gasteiger partial charge in [-0.1, -0.05) is 13.8 Å². The van der Waals surface area contributed by atoms with E-state index in [1.165, 1.54) is 0 Å². The summed E-state index contributed by atoms with van der Waals surface area (Å²) in [4.78, 5) is 0. The summed E-state index contributed by atoms with van der Waals surface area (Å²) >= 11 is 6.02. The van der Waals surface area contributed by atoms with E-state index in [1.54, 1.807) is 0 Å². The van der Waals surface area contributed by atoms with Crippen LogP contribution in [0, 0.1) is 5.41 Å². The van der Waals surface area contributed by atoms with Crippen molar-refractivity contribution < 1.29 is 4.74 Å². The average Bonchev–Trinajstić information content (AvgIpc) is 2.24. The Balaban J connectivity index is 3.63. The molecule has 0 aliphatic carbocycles. The van der Waals surface area contributed by atoms with Crippen LogP contribution in [0.2, 0.25) is 0 Å². The molecule has 0 saturated heterocycles. The lowest BCUT2D eigenvalue weighted by Crippen LogP contribution is -2.36. The molecule has 0 aliphatic heterocycles. The zero-order valence-electron chi connectivity index (χ0n) is 10.6. The summed E-state index contributed by atoms with van der Waals surface area (Å²) in [6.07, 6.45) is 2.58. The van der Waals surface area contributed by atoms with Gasteiger partial charge in [0.25, 0.3) is 0 Å². The molecular formula is C12H26ClNO. The number of hydrogen-bond donors (Lipinski definition) is 1. The van der Waals surface area contributed by atoms with Gasteiger partial charge in [-0.05, 0) is 32.1 Å². The van der Waals surface area contributed by atoms with Gasteiger partial charge in [0.1, 0.15) is 0 Å². The van der Waals surface area contributed by atoms with E-state index in [4.69, 9.17) is 16.3 Å². The minimum Gasteiger partial charge on any atom is -0.377 e. The molecule has 0 saturated carbocycles. The molecular weight excluding hydrogens is 210 g/mol. The first-order valence-electron chi connectivity index (χ1n) is 5.98. The molecule has 0 aromatic rings. The van der Waals surface area contributed by atoms with E-state index >= 15 is 0 Å². The highest BCUT2D eigenvalue weighted by Crippen LogP contribution is 2.26. The Morgan fingerprint density at radius 1 is 1.27 bits per heavy atom. The van der Waals surface area contributed by atoms with Crippen molar-refractivity contribution in [2.24, 2.45) is 5.41 Å². The third-order valence-electron chi connectivity index (χ3n) is 3.01. The van der Waals surface area contributed by atoms with Gasteiger partial charge in [0.15, 0.2) is 0 Å². The van der Waals surface area contributed by atoms with Crippen LogP contribution < -0.4 is 5.32 Å². The van der Waals surface area contributed by atoms with Gasteiger partial charge in [0, 0.05) is 19.0 Å². The lowest BCUT2D eigenvalue weighted by molar-refractivity contribution is 0.0791. The third kappa shape index (κ3) is 6.39. The summed E-state index contributed by atoms with van der Waals surface area (Å²) in [7, 11) is 0. The maximum atomic E-state index is 6.02. The molecule has 0 aliphatic rings. The van der Waals surface area contributed by atoms with Crippen molar-refractivity contribution in [2.45, 2.75) is 46.6 Å². The molecule has 2 nitrogen and oxygen atoms in total. The zero-order valence-corrected chi connectivity index (χ0v) is 11.4. The molecule has 0 aromatic heterocycles. The van der Waals surface area contributed by atoms with Gasteiger partial charge in [-0.15, -0.1) is 11.6 Å². The fourth-order valence-electron chi connectivity index (χ4n) is 1.46. The Kier molecular flexibility index (Phi) is 8.49. The van der Waals surface area contributed by atoms with Gasteiger partial charge in [0.2, 0.25) is 0 Å². The van der Waals surface area contributed by atoms with Gasteiger partial charge >= 0.3 is 0 Å². The lowest BCUT2D eigenvalue weighted by atomic mass is 9.84. The summed E-state index contributed by atoms with van der Waals surface area (Å²) in [5.41, 5.74) is 0.263. The van der Waals surface area contributed by atoms with Crippen molar-refractivity contribution in [1.82, 2.24) is 5.32 Å². The monoisotopic (exact) mass is 235 g/mol. The first-order chi connectivity index (χ1) is 7.10. The van der Waals surface area contributed by atoms with Crippen LogP contribution in [0.4, 0.5) is 0 Å². The molecule has 0 amide bonds. The molecule has 0 unspecified atom stereocenters. The third-order valence-corrected chi connectivity index (χ3v) is 3.58. The van der Waals surface area contributed by atoms with Crippen molar-refractivity contribution >= 4 is 11.6 Å². The van der Waals surface area contributed by atoms with Gasteiger partial charge in [-0.25, -0.2) is 0 Å². The number of alkyl halides is 1. The summed E-state index contributed by atoms with van der Waals surface area (Å²) in [6.45, 7) is 11.2. The largest absolute Gasteiger partial charge is 0.377 e. The summed E-state index contributed by atoms with van der Waals surface area (Å²) in [5, 5.41) is 3.42. The predicted octanol–water partition coefficient (Wildman–Crippen LogP) is 3.05. The standard InChI is InChI=1S/C12H26ClNO/c1-5-12(6-2,9-13)10-14-7-8-15-11(3)4/h11,14H,5-10H2,1-4H3. The van der Waals surface area contributed by atoms with Gasteiger partial charge in [0.05, 0.1) is 12.7 Å². The van der Waals surface area contributed by atoms with Gasteiger partial charge in [-0.3, -0.25) is 0 Å². The number of ether oxygens (including phenoxy) is 1. The fraction of sp³-hybridized carbons (Fsp3) is 1.00. The highest BCUT2D eigenvalue weighted by molar-refractivity contribution is 6.18. The van der Waals surface area contributed by atoms with Crippen molar-refractivity contribution in [3.05, 3.63) is 0 Å². The van der Waals surface area contributed by atoms with E-state index < -0.39 is 0 Å². The lowest BCUT2D eigenvalue weighted by Gasteiger charge is -2.29. The predicted molar refractivity (Wildman–Crippen MR) is 67.7 cm³/mol. The van der Waals surface area contributed by atoms with Crippen molar-refractivity contribution in [1.29, 1.82) is 0 Å². The average molecular weight is 236 g/mol. The van der Waals surface area contributed by atoms with Crippen LogP contribution in [-0.4, -0.2) is 31.7 Å². The second-order valence-electron chi connectivity index (χ2n) is 4.44. The molecule has 0 fully saturated rings. The highest BCUT2D eigenvalue weighted by atomic mass is 35.5. The molecule has 0 spiro atoms. The zero-order chi connectivity index (χ0) is 11.7. The Bertz CT molecular complexity index is 138. The normalized spacial score (nSPS) is 12.4. The summed E-state index contributed by atoms with van der Waals surface area (Å²) in [6, 6.07) is 0. The van der Waals surface area contributed by atoms with Crippen LogP contribution in [-0.2, 0) is 4.74 Å². The van der Waals surface area contributed by atoms with Crippen molar-refractivity contribution in [3.63, 3.8) is 0 Å². The Morgan fingerprint density at radius 3 is 2.27 bits per heavy atom. The fourth-order valence-corrected chi connectivity index (χ4v) is 1.93. The Labute approximate surface area is 99.7 Å². The van der Waals surface area contributed by atoms with Crippen LogP contribution in [0.5, 0.6) is 0 Å². The first-order valence-corrected chi connectivity index (χ1v) is 6.52. The number of rotatable bonds is 9. The Morgan fingerprint density at radius 2 is 1.87 bits per heavy atom. The van der Waals surface area contributed by atoms with Crippen molar-refractivity contribution in [3.8, 4) is 0 Å². The van der Waals surface area contributed by atoms with Crippen LogP contribution in [0.15, 0.2) is 0 Å². The maximum Gasteiger partial charge on any atom is 0.0594 e. The van der Waals surface area contributed by atoms with E-state index in [0.717, 1.165) is 38.4 Å². The topological polar surface area (TPSA) is 21.3 Å². The summed E-state index contributed by atoms with van der Waals surface area (Å²) in [5.74, 6) is 0.734. The van der Waals surface area contributed by atoms with E-state index in [9.17, 15) is 0 Å². The molecule has 1 N–H and O–H groups in total. The quantitative estimate of drug-likeness (QED) is 0.490. The molecule has 0 heterocycles. The first kappa shape index (κ1) is 15.2. The SMILES string of the molecule is CCC(CC)(CCl)CNCCOC(C)C. The number of hydrogen-bond acceptors (Lipinski definition) is 2. The van der Waals surface area contributed by atoms with Crippen LogP contribution in [0.25, 0.3) is 0 Å². The molecule has 0 radical (unpaired) electrons. The molecule has 0 bridgehead atoms. The molecule has 0 atom stereocenters. The van der Waals surface area contributed by atoms with Gasteiger partial charge < -0.3 is 10.1 Å². The van der Waals surface area contributed by atoms with E-state index in [0.29, 0.717) is 6.10 Å². The maximum absolute atomic E-state index is 6.02. The van der Waals surface area contributed by atoms with E-state index in [2.05, 4.69) is 33.0 Å². The Hall–Kier alpha value is 0.210. The number of nitrogens with one attached hydrogen (secondary N) is 1. The second-order valence-corrected chi connectivity index (χ2v) is 4.70. The van der Waals surface area contributed by atoms with Crippen LogP contribution >= 0.6 is 11.6 Å². The van der Waals surface area contributed by atoms with Gasteiger partial charge in [-0.2, -0.15) is 0 Å². The van der Waals surface area contributed by atoms with Crippen LogP contribution in [0.3, 0.4) is 0 Å². The second kappa shape index (κ2) is 8.37. The molecule has 3 heteroatoms. The van der Waals surface area contributed by atoms with Crippen molar-refractivity contribution in [2.75, 3.05) is 25.6 Å². The van der Waals surface area contributed by atoms with E-state index in [1.807, 2.05) is 0 Å². The minimum atomic E-state index is 0.263. The minimum absolute atomic E-state index is 0.263. The highest BCUT2D eigenvalue weighted by Gasteiger charge is 2.24. The molecule has 92 valence electrons. The van der Waals surface area contributed by atoms with E-state index in [-0.39, 0.29) is 5.41 Å². The number of halogens is 1. The molecule has 15 heavy (non-hydrogen) atoms. The molecule has 0 rings (SSSR count).